The van der Waals surface area contributed by atoms with Crippen molar-refractivity contribution in [2.45, 2.75) is 6.92 Å². The van der Waals surface area contributed by atoms with Crippen LogP contribution in [0.3, 0.4) is 0 Å². The van der Waals surface area contributed by atoms with Crippen molar-refractivity contribution in [2.75, 3.05) is 10.6 Å². The Morgan fingerprint density at radius 2 is 1.80 bits per heavy atom. The Kier molecular flexibility index (Phi) is 4.90. The molecule has 3 aromatic rings. The first-order valence-corrected chi connectivity index (χ1v) is 8.18. The fourth-order valence-corrected chi connectivity index (χ4v) is 2.52. The van der Waals surface area contributed by atoms with Gasteiger partial charge >= 0.3 is 0 Å². The number of benzene rings is 2. The molecule has 1 heterocycles. The van der Waals surface area contributed by atoms with E-state index >= 15 is 0 Å². The summed E-state index contributed by atoms with van der Waals surface area (Å²) in [5.41, 5.74) is 1.88. The van der Waals surface area contributed by atoms with E-state index in [1.165, 1.54) is 17.9 Å². The summed E-state index contributed by atoms with van der Waals surface area (Å²) >= 11 is 3.35. The minimum absolute atomic E-state index is 0.164. The average Bonchev–Trinajstić information content (AvgIpc) is 3.08. The van der Waals surface area contributed by atoms with E-state index < -0.39 is 5.91 Å². The maximum atomic E-state index is 12.5. The molecule has 0 unspecified atom stereocenters. The Hall–Kier alpha value is -3.00. The Bertz CT molecular complexity index is 924. The smallest absolute Gasteiger partial charge is 0.277 e. The quantitative estimate of drug-likeness (QED) is 0.704. The number of nitrogens with one attached hydrogen (secondary N) is 2. The highest BCUT2D eigenvalue weighted by molar-refractivity contribution is 9.10. The zero-order chi connectivity index (χ0) is 17.8. The third kappa shape index (κ3) is 4.10. The van der Waals surface area contributed by atoms with Gasteiger partial charge in [0.2, 0.25) is 5.91 Å². The van der Waals surface area contributed by atoms with E-state index in [0.29, 0.717) is 11.4 Å². The molecule has 3 rings (SSSR count). The summed E-state index contributed by atoms with van der Waals surface area (Å²) in [6.07, 6.45) is 1.39. The molecule has 0 bridgehead atoms. The molecule has 2 aromatic carbocycles. The molecule has 7 nitrogen and oxygen atoms in total. The molecule has 2 N–H and O–H groups in total. The predicted octanol–water partition coefficient (Wildman–Crippen LogP) is 3.24. The molecule has 25 heavy (non-hydrogen) atoms. The van der Waals surface area contributed by atoms with E-state index in [-0.39, 0.29) is 11.6 Å². The summed E-state index contributed by atoms with van der Waals surface area (Å²) < 4.78 is 0.768. The molecule has 8 heteroatoms. The SMILES string of the molecule is CC(=O)Nc1ccc(Br)cc1NC(=O)c1cnn(-c2ccccc2)n1. The van der Waals surface area contributed by atoms with Gasteiger partial charge in [-0.25, -0.2) is 0 Å². The summed E-state index contributed by atoms with van der Waals surface area (Å²) in [7, 11) is 0. The number of amides is 2. The van der Waals surface area contributed by atoms with Crippen molar-refractivity contribution in [2.24, 2.45) is 0 Å². The van der Waals surface area contributed by atoms with Crippen molar-refractivity contribution in [3.63, 3.8) is 0 Å². The summed E-state index contributed by atoms with van der Waals surface area (Å²) in [5.74, 6) is -0.653. The standard InChI is InChI=1S/C17H14BrN5O2/c1-11(24)20-14-8-7-12(18)9-15(14)21-17(25)16-10-19-23(22-16)13-5-3-2-4-6-13/h2-10H,1H3,(H,20,24)(H,21,25). The van der Waals surface area contributed by atoms with Gasteiger partial charge in [0.15, 0.2) is 5.69 Å². The molecule has 0 aliphatic carbocycles. The van der Waals surface area contributed by atoms with E-state index in [0.717, 1.165) is 10.2 Å². The largest absolute Gasteiger partial charge is 0.325 e. The van der Waals surface area contributed by atoms with Gasteiger partial charge < -0.3 is 10.6 Å². The van der Waals surface area contributed by atoms with Crippen molar-refractivity contribution >= 4 is 39.1 Å². The van der Waals surface area contributed by atoms with Crippen LogP contribution in [0.2, 0.25) is 0 Å². The number of rotatable bonds is 4. The molecule has 0 aliphatic heterocycles. The Labute approximate surface area is 152 Å². The number of hydrogen-bond donors (Lipinski definition) is 2. The van der Waals surface area contributed by atoms with Crippen molar-refractivity contribution in [1.82, 2.24) is 15.0 Å². The molecule has 0 saturated heterocycles. The first-order valence-electron chi connectivity index (χ1n) is 7.39. The van der Waals surface area contributed by atoms with Gasteiger partial charge in [-0.15, -0.1) is 5.10 Å². The molecule has 1 aromatic heterocycles. The molecular weight excluding hydrogens is 386 g/mol. The van der Waals surface area contributed by atoms with Crippen molar-refractivity contribution in [1.29, 1.82) is 0 Å². The average molecular weight is 400 g/mol. The minimum atomic E-state index is -0.424. The lowest BCUT2D eigenvalue weighted by molar-refractivity contribution is -0.114. The molecule has 0 spiro atoms. The summed E-state index contributed by atoms with van der Waals surface area (Å²) in [6, 6.07) is 14.5. The van der Waals surface area contributed by atoms with Crippen molar-refractivity contribution < 1.29 is 9.59 Å². The molecular formula is C17H14BrN5O2. The van der Waals surface area contributed by atoms with Crippen LogP contribution in [0.15, 0.2) is 59.2 Å². The van der Waals surface area contributed by atoms with Crippen LogP contribution in [0.4, 0.5) is 11.4 Å². The van der Waals surface area contributed by atoms with Crippen LogP contribution in [0.1, 0.15) is 17.4 Å². The second-order valence-electron chi connectivity index (χ2n) is 5.18. The van der Waals surface area contributed by atoms with E-state index in [9.17, 15) is 9.59 Å². The van der Waals surface area contributed by atoms with Gasteiger partial charge in [-0.1, -0.05) is 34.1 Å². The number of aromatic nitrogens is 3. The van der Waals surface area contributed by atoms with Crippen LogP contribution >= 0.6 is 15.9 Å². The lowest BCUT2D eigenvalue weighted by Gasteiger charge is -2.11. The monoisotopic (exact) mass is 399 g/mol. The highest BCUT2D eigenvalue weighted by Crippen LogP contribution is 2.26. The summed E-state index contributed by atoms with van der Waals surface area (Å²) in [4.78, 5) is 25.1. The highest BCUT2D eigenvalue weighted by Gasteiger charge is 2.14. The number of carbonyl (C=O) groups is 2. The first kappa shape index (κ1) is 16.8. The van der Waals surface area contributed by atoms with Gasteiger partial charge in [-0.05, 0) is 30.3 Å². The lowest BCUT2D eigenvalue weighted by atomic mass is 10.2. The number of nitrogens with zero attached hydrogens (tertiary/aromatic N) is 3. The Balaban J connectivity index is 1.82. The summed E-state index contributed by atoms with van der Waals surface area (Å²) in [5, 5.41) is 13.7. The molecule has 126 valence electrons. The summed E-state index contributed by atoms with van der Waals surface area (Å²) in [6.45, 7) is 1.40. The third-order valence-electron chi connectivity index (χ3n) is 3.25. The minimum Gasteiger partial charge on any atom is -0.325 e. The Morgan fingerprint density at radius 1 is 1.04 bits per heavy atom. The molecule has 0 saturated carbocycles. The van der Waals surface area contributed by atoms with E-state index in [1.54, 1.807) is 18.2 Å². The zero-order valence-electron chi connectivity index (χ0n) is 13.2. The van der Waals surface area contributed by atoms with Gasteiger partial charge in [0.05, 0.1) is 23.3 Å². The first-order chi connectivity index (χ1) is 12.0. The predicted molar refractivity (Wildman–Crippen MR) is 97.8 cm³/mol. The van der Waals surface area contributed by atoms with Gasteiger partial charge in [0.1, 0.15) is 0 Å². The molecule has 0 fully saturated rings. The fourth-order valence-electron chi connectivity index (χ4n) is 2.16. The van der Waals surface area contributed by atoms with Crippen molar-refractivity contribution in [3.05, 3.63) is 64.9 Å². The highest BCUT2D eigenvalue weighted by atomic mass is 79.9. The van der Waals surface area contributed by atoms with Crippen LogP contribution in [0.5, 0.6) is 0 Å². The van der Waals surface area contributed by atoms with Crippen LogP contribution in [-0.2, 0) is 4.79 Å². The number of hydrogen-bond acceptors (Lipinski definition) is 4. The molecule has 0 radical (unpaired) electrons. The van der Waals surface area contributed by atoms with Gasteiger partial charge in [0.25, 0.3) is 5.91 Å². The number of anilines is 2. The van der Waals surface area contributed by atoms with E-state index in [1.807, 2.05) is 30.3 Å². The van der Waals surface area contributed by atoms with E-state index in [2.05, 4.69) is 36.8 Å². The second kappa shape index (κ2) is 7.27. The maximum absolute atomic E-state index is 12.5. The van der Waals surface area contributed by atoms with Crippen LogP contribution < -0.4 is 10.6 Å². The topological polar surface area (TPSA) is 88.9 Å². The van der Waals surface area contributed by atoms with Gasteiger partial charge in [-0.2, -0.15) is 9.90 Å². The molecule has 0 aliphatic rings. The molecule has 0 atom stereocenters. The number of halogens is 1. The van der Waals surface area contributed by atoms with E-state index in [4.69, 9.17) is 0 Å². The third-order valence-corrected chi connectivity index (χ3v) is 3.75. The molecule has 2 amide bonds. The fraction of sp³-hybridized carbons (Fsp3) is 0.0588. The number of para-hydroxylation sites is 1. The van der Waals surface area contributed by atoms with Crippen LogP contribution in [0, 0.1) is 0 Å². The maximum Gasteiger partial charge on any atom is 0.277 e. The zero-order valence-corrected chi connectivity index (χ0v) is 14.8. The Morgan fingerprint density at radius 3 is 2.52 bits per heavy atom. The van der Waals surface area contributed by atoms with Crippen LogP contribution in [0.25, 0.3) is 5.69 Å². The normalized spacial score (nSPS) is 10.3. The second-order valence-corrected chi connectivity index (χ2v) is 6.10. The number of carbonyl (C=O) groups excluding carboxylic acids is 2. The van der Waals surface area contributed by atoms with Crippen LogP contribution in [-0.4, -0.2) is 26.8 Å². The van der Waals surface area contributed by atoms with Gasteiger partial charge in [-0.3, -0.25) is 9.59 Å². The van der Waals surface area contributed by atoms with Gasteiger partial charge in [0, 0.05) is 11.4 Å². The van der Waals surface area contributed by atoms with Crippen molar-refractivity contribution in [3.8, 4) is 5.69 Å². The lowest BCUT2D eigenvalue weighted by Crippen LogP contribution is -2.16.